The van der Waals surface area contributed by atoms with Crippen molar-refractivity contribution in [2.75, 3.05) is 0 Å². The van der Waals surface area contributed by atoms with E-state index >= 15 is 0 Å². The lowest BCUT2D eigenvalue weighted by Gasteiger charge is -1.99. The van der Waals surface area contributed by atoms with Gasteiger partial charge in [-0.3, -0.25) is 0 Å². The van der Waals surface area contributed by atoms with Gasteiger partial charge in [0.05, 0.1) is 0 Å². The first-order valence-electron chi connectivity index (χ1n) is 4.35. The van der Waals surface area contributed by atoms with Crippen LogP contribution < -0.4 is 11.5 Å². The molecule has 0 unspecified atom stereocenters. The smallest absolute Gasteiger partial charge is 0.211 e. The van der Waals surface area contributed by atoms with Crippen molar-refractivity contribution in [3.8, 4) is 0 Å². The molecule has 4 N–H and O–H groups in total. The van der Waals surface area contributed by atoms with Crippen LogP contribution in [0.15, 0.2) is 34.5 Å². The summed E-state index contributed by atoms with van der Waals surface area (Å²) >= 11 is 0. The Bertz CT molecular complexity index is 351. The number of nitrogens with two attached hydrogens (primary N) is 2. The summed E-state index contributed by atoms with van der Waals surface area (Å²) in [6, 6.07) is 8.11. The third-order valence-electron chi connectivity index (χ3n) is 1.83. The number of aryl methyl sites for hydroxylation is 1. The molecule has 1 aromatic rings. The lowest BCUT2D eigenvalue weighted by atomic mass is 10.1. The van der Waals surface area contributed by atoms with E-state index in [4.69, 9.17) is 11.5 Å². The number of rotatable bonds is 3. The highest BCUT2D eigenvalue weighted by atomic mass is 15.3. The first-order valence-corrected chi connectivity index (χ1v) is 4.35. The molecule has 0 aromatic heterocycles. The lowest BCUT2D eigenvalue weighted by molar-refractivity contribution is 1.18. The van der Waals surface area contributed by atoms with Crippen LogP contribution in [0.4, 0.5) is 0 Å². The zero-order valence-corrected chi connectivity index (χ0v) is 8.14. The Morgan fingerprint density at radius 3 is 2.71 bits per heavy atom. The quantitative estimate of drug-likeness (QED) is 0.420. The van der Waals surface area contributed by atoms with Gasteiger partial charge in [0, 0.05) is 12.6 Å². The van der Waals surface area contributed by atoms with Crippen molar-refractivity contribution in [3.05, 3.63) is 35.4 Å². The SMILES string of the molecule is Cc1ccccc1C/C=N/N=C(N)N. The van der Waals surface area contributed by atoms with Crippen LogP contribution in [-0.2, 0) is 6.42 Å². The maximum atomic E-state index is 5.12. The van der Waals surface area contributed by atoms with E-state index in [1.165, 1.54) is 11.1 Å². The van der Waals surface area contributed by atoms with Gasteiger partial charge in [0.2, 0.25) is 5.96 Å². The van der Waals surface area contributed by atoms with E-state index in [2.05, 4.69) is 29.3 Å². The van der Waals surface area contributed by atoms with Crippen molar-refractivity contribution in [3.63, 3.8) is 0 Å². The summed E-state index contributed by atoms with van der Waals surface area (Å²) in [7, 11) is 0. The molecular weight excluding hydrogens is 176 g/mol. The van der Waals surface area contributed by atoms with Crippen molar-refractivity contribution in [2.24, 2.45) is 21.7 Å². The third-order valence-corrected chi connectivity index (χ3v) is 1.83. The normalized spacial score (nSPS) is 10.4. The van der Waals surface area contributed by atoms with Crippen LogP contribution in [0, 0.1) is 6.92 Å². The highest BCUT2D eigenvalue weighted by molar-refractivity contribution is 5.76. The molecule has 0 aliphatic rings. The molecule has 0 aliphatic carbocycles. The monoisotopic (exact) mass is 190 g/mol. The molecule has 0 atom stereocenters. The summed E-state index contributed by atoms with van der Waals surface area (Å²) in [4.78, 5) is 0. The second-order valence-electron chi connectivity index (χ2n) is 2.95. The predicted octanol–water partition coefficient (Wildman–Crippen LogP) is 0.797. The molecular formula is C10H14N4. The van der Waals surface area contributed by atoms with E-state index in [1.807, 2.05) is 12.1 Å². The molecule has 74 valence electrons. The maximum absolute atomic E-state index is 5.12. The average Bonchev–Trinajstić information content (AvgIpc) is 2.15. The average molecular weight is 190 g/mol. The summed E-state index contributed by atoms with van der Waals surface area (Å²) in [5, 5.41) is 7.23. The van der Waals surface area contributed by atoms with Crippen LogP contribution in [0.5, 0.6) is 0 Å². The Balaban J connectivity index is 2.58. The van der Waals surface area contributed by atoms with Crippen LogP contribution >= 0.6 is 0 Å². The minimum atomic E-state index is -0.0222. The molecule has 0 saturated carbocycles. The van der Waals surface area contributed by atoms with Crippen LogP contribution in [0.2, 0.25) is 0 Å². The van der Waals surface area contributed by atoms with E-state index in [1.54, 1.807) is 6.21 Å². The second-order valence-corrected chi connectivity index (χ2v) is 2.95. The fourth-order valence-electron chi connectivity index (χ4n) is 1.09. The molecule has 0 saturated heterocycles. The lowest BCUT2D eigenvalue weighted by Crippen LogP contribution is -2.21. The number of nitrogens with zero attached hydrogens (tertiary/aromatic N) is 2. The molecule has 4 heteroatoms. The molecule has 1 rings (SSSR count). The highest BCUT2D eigenvalue weighted by Gasteiger charge is 1.92. The van der Waals surface area contributed by atoms with Gasteiger partial charge in [-0.1, -0.05) is 24.3 Å². The van der Waals surface area contributed by atoms with Crippen molar-refractivity contribution in [1.82, 2.24) is 0 Å². The Hall–Kier alpha value is -1.84. The molecule has 1 aromatic carbocycles. The number of hydrogen-bond acceptors (Lipinski definition) is 2. The summed E-state index contributed by atoms with van der Waals surface area (Å²) in [6.07, 6.45) is 2.42. The molecule has 0 aliphatic heterocycles. The Morgan fingerprint density at radius 2 is 2.07 bits per heavy atom. The van der Waals surface area contributed by atoms with Gasteiger partial charge in [-0.05, 0) is 18.1 Å². The van der Waals surface area contributed by atoms with Crippen molar-refractivity contribution < 1.29 is 0 Å². The van der Waals surface area contributed by atoms with E-state index in [-0.39, 0.29) is 5.96 Å². The summed E-state index contributed by atoms with van der Waals surface area (Å²) in [6.45, 7) is 2.06. The van der Waals surface area contributed by atoms with Gasteiger partial charge < -0.3 is 11.5 Å². The molecule has 4 nitrogen and oxygen atoms in total. The van der Waals surface area contributed by atoms with Crippen molar-refractivity contribution >= 4 is 12.2 Å². The highest BCUT2D eigenvalue weighted by Crippen LogP contribution is 2.06. The molecule has 0 amide bonds. The summed E-state index contributed by atoms with van der Waals surface area (Å²) in [5.41, 5.74) is 12.7. The van der Waals surface area contributed by atoms with Crippen LogP contribution in [0.3, 0.4) is 0 Å². The largest absolute Gasteiger partial charge is 0.369 e. The fraction of sp³-hybridized carbons (Fsp3) is 0.200. The van der Waals surface area contributed by atoms with E-state index in [0.29, 0.717) is 0 Å². The Labute approximate surface area is 83.3 Å². The Morgan fingerprint density at radius 1 is 1.36 bits per heavy atom. The molecule has 0 bridgehead atoms. The Kier molecular flexibility index (Phi) is 3.67. The van der Waals surface area contributed by atoms with E-state index in [0.717, 1.165) is 6.42 Å². The molecule has 0 fully saturated rings. The van der Waals surface area contributed by atoms with Crippen LogP contribution in [0.25, 0.3) is 0 Å². The number of hydrogen-bond donors (Lipinski definition) is 2. The fourth-order valence-corrected chi connectivity index (χ4v) is 1.09. The minimum Gasteiger partial charge on any atom is -0.369 e. The van der Waals surface area contributed by atoms with Gasteiger partial charge in [0.1, 0.15) is 0 Å². The standard InChI is InChI=1S/C10H14N4/c1-8-4-2-3-5-9(8)6-7-13-14-10(11)12/h2-5,7H,6H2,1H3,(H4,11,12,14)/b13-7+. The van der Waals surface area contributed by atoms with E-state index in [9.17, 15) is 0 Å². The molecule has 14 heavy (non-hydrogen) atoms. The van der Waals surface area contributed by atoms with Crippen molar-refractivity contribution in [2.45, 2.75) is 13.3 Å². The van der Waals surface area contributed by atoms with E-state index < -0.39 is 0 Å². The van der Waals surface area contributed by atoms with Gasteiger partial charge in [-0.15, -0.1) is 5.10 Å². The third kappa shape index (κ3) is 3.26. The number of guanidine groups is 1. The molecule has 0 radical (unpaired) electrons. The van der Waals surface area contributed by atoms with Crippen molar-refractivity contribution in [1.29, 1.82) is 0 Å². The van der Waals surface area contributed by atoms with Gasteiger partial charge >= 0.3 is 0 Å². The second kappa shape index (κ2) is 5.01. The molecule has 0 spiro atoms. The van der Waals surface area contributed by atoms with Gasteiger partial charge in [0.15, 0.2) is 0 Å². The first kappa shape index (κ1) is 10.2. The number of benzene rings is 1. The topological polar surface area (TPSA) is 76.8 Å². The van der Waals surface area contributed by atoms with Crippen LogP contribution in [-0.4, -0.2) is 12.2 Å². The summed E-state index contributed by atoms with van der Waals surface area (Å²) < 4.78 is 0. The minimum absolute atomic E-state index is 0.0222. The maximum Gasteiger partial charge on any atom is 0.211 e. The van der Waals surface area contributed by atoms with Gasteiger partial charge in [0.25, 0.3) is 0 Å². The summed E-state index contributed by atoms with van der Waals surface area (Å²) in [5.74, 6) is -0.0222. The van der Waals surface area contributed by atoms with Crippen LogP contribution in [0.1, 0.15) is 11.1 Å². The zero-order chi connectivity index (χ0) is 10.4. The first-order chi connectivity index (χ1) is 6.70. The molecule has 0 heterocycles. The van der Waals surface area contributed by atoms with Gasteiger partial charge in [-0.2, -0.15) is 5.10 Å². The predicted molar refractivity (Wildman–Crippen MR) is 59.2 cm³/mol. The zero-order valence-electron chi connectivity index (χ0n) is 8.14. The van der Waals surface area contributed by atoms with Gasteiger partial charge in [-0.25, -0.2) is 0 Å².